The maximum Gasteiger partial charge on any atom is 0.241 e. The van der Waals surface area contributed by atoms with Crippen molar-refractivity contribution in [1.82, 2.24) is 25.1 Å². The fraction of sp³-hybridized carbons (Fsp3) is 0.263. The van der Waals surface area contributed by atoms with Crippen LogP contribution in [0.3, 0.4) is 0 Å². The largest absolute Gasteiger partial charge is 0.493 e. The van der Waals surface area contributed by atoms with E-state index in [0.717, 1.165) is 11.6 Å². The fourth-order valence-corrected chi connectivity index (χ4v) is 2.70. The van der Waals surface area contributed by atoms with E-state index in [4.69, 9.17) is 4.74 Å². The Balaban J connectivity index is 1.73. The predicted molar refractivity (Wildman–Crippen MR) is 107 cm³/mol. The van der Waals surface area contributed by atoms with Gasteiger partial charge in [-0.05, 0) is 13.0 Å². The highest BCUT2D eigenvalue weighted by atomic mass is 19.1. The van der Waals surface area contributed by atoms with Gasteiger partial charge in [0, 0.05) is 43.2 Å². The average molecular weight is 417 g/mol. The van der Waals surface area contributed by atoms with Crippen LogP contribution in [0.1, 0.15) is 11.1 Å². The van der Waals surface area contributed by atoms with Gasteiger partial charge in [-0.3, -0.25) is 9.48 Å². The van der Waals surface area contributed by atoms with Crippen LogP contribution in [-0.4, -0.2) is 39.8 Å². The first kappa shape index (κ1) is 21.0. The Kier molecular flexibility index (Phi) is 6.40. The predicted octanol–water partition coefficient (Wildman–Crippen LogP) is 2.37. The standard InChI is InChI=1S/C19H21F2N7O2/c1-11-6-24-19(26-14-8-25-28(9-14)10-16(29)22-2)27-18(11)23-7-12-4-13(20)5-15(21)17(12)30-3/h4-6,8-9H,7,10H2,1-3H3,(H,22,29)(H2,23,24,26,27). The number of likely N-dealkylation sites (N-methyl/N-ethyl adjacent to an activating group) is 1. The van der Waals surface area contributed by atoms with E-state index in [-0.39, 0.29) is 24.7 Å². The van der Waals surface area contributed by atoms with Crippen molar-refractivity contribution in [3.05, 3.63) is 53.5 Å². The Morgan fingerprint density at radius 3 is 2.80 bits per heavy atom. The van der Waals surface area contributed by atoms with Crippen molar-refractivity contribution in [2.24, 2.45) is 0 Å². The molecule has 2 heterocycles. The van der Waals surface area contributed by atoms with Crippen molar-refractivity contribution in [3.63, 3.8) is 0 Å². The zero-order valence-corrected chi connectivity index (χ0v) is 16.7. The van der Waals surface area contributed by atoms with Gasteiger partial charge in [-0.15, -0.1) is 0 Å². The zero-order valence-electron chi connectivity index (χ0n) is 16.7. The van der Waals surface area contributed by atoms with E-state index < -0.39 is 11.6 Å². The molecule has 0 spiro atoms. The van der Waals surface area contributed by atoms with Crippen molar-refractivity contribution in [3.8, 4) is 5.75 Å². The van der Waals surface area contributed by atoms with Crippen LogP contribution in [0.15, 0.2) is 30.7 Å². The molecular weight excluding hydrogens is 396 g/mol. The van der Waals surface area contributed by atoms with Crippen molar-refractivity contribution in [2.75, 3.05) is 24.8 Å². The number of carbonyl (C=O) groups excluding carboxylic acids is 1. The Morgan fingerprint density at radius 1 is 1.27 bits per heavy atom. The van der Waals surface area contributed by atoms with Gasteiger partial charge < -0.3 is 20.7 Å². The quantitative estimate of drug-likeness (QED) is 0.517. The molecule has 0 bridgehead atoms. The Morgan fingerprint density at radius 2 is 2.07 bits per heavy atom. The van der Waals surface area contributed by atoms with E-state index in [2.05, 4.69) is 31.0 Å². The number of nitrogens with one attached hydrogen (secondary N) is 3. The second kappa shape index (κ2) is 9.16. The number of nitrogens with zero attached hydrogens (tertiary/aromatic N) is 4. The van der Waals surface area contributed by atoms with Crippen LogP contribution in [0.25, 0.3) is 0 Å². The van der Waals surface area contributed by atoms with Gasteiger partial charge in [0.2, 0.25) is 11.9 Å². The summed E-state index contributed by atoms with van der Waals surface area (Å²) in [5.41, 5.74) is 1.66. The first-order valence-corrected chi connectivity index (χ1v) is 8.99. The molecule has 30 heavy (non-hydrogen) atoms. The molecule has 1 amide bonds. The molecule has 11 heteroatoms. The molecule has 3 aromatic rings. The Labute approximate surface area is 171 Å². The van der Waals surface area contributed by atoms with Gasteiger partial charge in [0.05, 0.1) is 19.0 Å². The minimum Gasteiger partial charge on any atom is -0.493 e. The number of aromatic nitrogens is 4. The van der Waals surface area contributed by atoms with Gasteiger partial charge in [0.1, 0.15) is 18.2 Å². The Hall–Kier alpha value is -3.76. The van der Waals surface area contributed by atoms with Gasteiger partial charge in [-0.1, -0.05) is 0 Å². The van der Waals surface area contributed by atoms with Crippen LogP contribution in [0, 0.1) is 18.6 Å². The summed E-state index contributed by atoms with van der Waals surface area (Å²) < 4.78 is 33.9. The monoisotopic (exact) mass is 417 g/mol. The topological polar surface area (TPSA) is 106 Å². The first-order chi connectivity index (χ1) is 14.4. The summed E-state index contributed by atoms with van der Waals surface area (Å²) in [4.78, 5) is 20.0. The number of ether oxygens (including phenoxy) is 1. The summed E-state index contributed by atoms with van der Waals surface area (Å²) in [6, 6.07) is 1.97. The summed E-state index contributed by atoms with van der Waals surface area (Å²) in [7, 11) is 2.87. The first-order valence-electron chi connectivity index (χ1n) is 8.99. The molecule has 9 nitrogen and oxygen atoms in total. The molecule has 2 aromatic heterocycles. The van der Waals surface area contributed by atoms with Crippen LogP contribution in [-0.2, 0) is 17.9 Å². The van der Waals surface area contributed by atoms with Crippen molar-refractivity contribution < 1.29 is 18.3 Å². The number of anilines is 3. The molecule has 0 fully saturated rings. The number of aryl methyl sites for hydroxylation is 1. The number of amides is 1. The minimum atomic E-state index is -0.773. The summed E-state index contributed by atoms with van der Waals surface area (Å²) in [5, 5.41) is 12.7. The Bertz CT molecular complexity index is 1060. The number of hydrogen-bond donors (Lipinski definition) is 3. The molecule has 0 radical (unpaired) electrons. The molecule has 0 aliphatic rings. The lowest BCUT2D eigenvalue weighted by Gasteiger charge is -2.13. The summed E-state index contributed by atoms with van der Waals surface area (Å²) in [5.74, 6) is -0.896. The summed E-state index contributed by atoms with van der Waals surface area (Å²) in [6.45, 7) is 1.99. The molecule has 0 aliphatic heterocycles. The van der Waals surface area contributed by atoms with E-state index in [1.165, 1.54) is 17.9 Å². The van der Waals surface area contributed by atoms with E-state index in [1.807, 2.05) is 0 Å². The molecule has 0 atom stereocenters. The van der Waals surface area contributed by atoms with Gasteiger partial charge in [0.25, 0.3) is 0 Å². The minimum absolute atomic E-state index is 0.0301. The number of halogens is 2. The summed E-state index contributed by atoms with van der Waals surface area (Å²) in [6.07, 6.45) is 4.79. The number of methoxy groups -OCH3 is 1. The van der Waals surface area contributed by atoms with Crippen LogP contribution in [0.2, 0.25) is 0 Å². The smallest absolute Gasteiger partial charge is 0.241 e. The van der Waals surface area contributed by atoms with Crippen molar-refractivity contribution >= 4 is 23.4 Å². The van der Waals surface area contributed by atoms with E-state index in [1.54, 1.807) is 32.6 Å². The molecule has 1 aromatic carbocycles. The number of hydrogen-bond acceptors (Lipinski definition) is 7. The second-order valence-corrected chi connectivity index (χ2v) is 6.38. The molecule has 0 aliphatic carbocycles. The third-order valence-electron chi connectivity index (χ3n) is 4.18. The van der Waals surface area contributed by atoms with E-state index >= 15 is 0 Å². The lowest BCUT2D eigenvalue weighted by Crippen LogP contribution is -2.23. The SMILES string of the molecule is CNC(=O)Cn1cc(Nc2ncc(C)c(NCc3cc(F)cc(F)c3OC)n2)cn1. The van der Waals surface area contributed by atoms with Crippen LogP contribution in [0.4, 0.5) is 26.2 Å². The molecule has 3 N–H and O–H groups in total. The summed E-state index contributed by atoms with van der Waals surface area (Å²) >= 11 is 0. The van der Waals surface area contributed by atoms with Gasteiger partial charge in [-0.2, -0.15) is 10.1 Å². The van der Waals surface area contributed by atoms with Gasteiger partial charge in [-0.25, -0.2) is 13.8 Å². The third kappa shape index (κ3) is 4.99. The third-order valence-corrected chi connectivity index (χ3v) is 4.18. The maximum absolute atomic E-state index is 13.9. The van der Waals surface area contributed by atoms with E-state index in [0.29, 0.717) is 23.0 Å². The maximum atomic E-state index is 13.9. The van der Waals surface area contributed by atoms with Crippen molar-refractivity contribution in [1.29, 1.82) is 0 Å². The zero-order chi connectivity index (χ0) is 21.7. The molecule has 158 valence electrons. The highest BCUT2D eigenvalue weighted by Crippen LogP contribution is 2.25. The number of benzene rings is 1. The van der Waals surface area contributed by atoms with Gasteiger partial charge in [0.15, 0.2) is 11.6 Å². The molecule has 0 saturated heterocycles. The van der Waals surface area contributed by atoms with Crippen molar-refractivity contribution in [2.45, 2.75) is 20.0 Å². The molecule has 3 rings (SSSR count). The lowest BCUT2D eigenvalue weighted by molar-refractivity contribution is -0.121. The second-order valence-electron chi connectivity index (χ2n) is 6.38. The molecular formula is C19H21F2N7O2. The molecule has 0 unspecified atom stereocenters. The highest BCUT2D eigenvalue weighted by molar-refractivity contribution is 5.75. The highest BCUT2D eigenvalue weighted by Gasteiger charge is 2.13. The normalized spacial score (nSPS) is 10.6. The number of rotatable bonds is 8. The van der Waals surface area contributed by atoms with Gasteiger partial charge >= 0.3 is 0 Å². The fourth-order valence-electron chi connectivity index (χ4n) is 2.70. The average Bonchev–Trinajstić information content (AvgIpc) is 3.14. The van der Waals surface area contributed by atoms with Crippen LogP contribution >= 0.6 is 0 Å². The lowest BCUT2D eigenvalue weighted by atomic mass is 10.2. The van der Waals surface area contributed by atoms with E-state index in [9.17, 15) is 13.6 Å². The van der Waals surface area contributed by atoms with Crippen LogP contribution < -0.4 is 20.7 Å². The van der Waals surface area contributed by atoms with Crippen LogP contribution in [0.5, 0.6) is 5.75 Å². The molecule has 0 saturated carbocycles. The number of carbonyl (C=O) groups is 1.